The molecular formula is C23H31N3O3. The molecule has 1 fully saturated rings. The summed E-state index contributed by atoms with van der Waals surface area (Å²) in [5, 5.41) is 10.3. The minimum Gasteiger partial charge on any atom is -0.501 e. The number of carbonyl (C=O) groups is 1. The van der Waals surface area contributed by atoms with Gasteiger partial charge < -0.3 is 14.6 Å². The molecule has 1 saturated carbocycles. The van der Waals surface area contributed by atoms with Crippen molar-refractivity contribution in [3.63, 3.8) is 0 Å². The molecule has 0 atom stereocenters. The summed E-state index contributed by atoms with van der Waals surface area (Å²) in [6.45, 7) is 12.8. The van der Waals surface area contributed by atoms with Gasteiger partial charge in [-0.2, -0.15) is 4.98 Å². The smallest absolute Gasteiger partial charge is 0.315 e. The summed E-state index contributed by atoms with van der Waals surface area (Å²) in [7, 11) is 0. The van der Waals surface area contributed by atoms with E-state index in [-0.39, 0.29) is 17.6 Å². The molecule has 0 radical (unpaired) electrons. The first kappa shape index (κ1) is 21.1. The number of hydrogen-bond acceptors (Lipinski definition) is 4. The highest BCUT2D eigenvalue weighted by Gasteiger charge is 2.32. The highest BCUT2D eigenvalue weighted by atomic mass is 16.3. The molecule has 6 nitrogen and oxygen atoms in total. The van der Waals surface area contributed by atoms with Crippen LogP contribution in [0.3, 0.4) is 0 Å². The Morgan fingerprint density at radius 3 is 2.45 bits per heavy atom. The molecule has 29 heavy (non-hydrogen) atoms. The second-order valence-electron chi connectivity index (χ2n) is 8.17. The lowest BCUT2D eigenvalue weighted by Gasteiger charge is -2.34. The molecule has 2 aliphatic rings. The number of rotatable bonds is 6. The summed E-state index contributed by atoms with van der Waals surface area (Å²) in [6, 6.07) is -0.00957. The Balaban J connectivity index is 2.05. The average Bonchev–Trinajstić information content (AvgIpc) is 2.71. The fourth-order valence-corrected chi connectivity index (χ4v) is 4.56. The molecule has 156 valence electrons. The maximum atomic E-state index is 12.9. The fraction of sp³-hybridized carbons (Fsp3) is 0.522. The molecule has 2 heterocycles. The second-order valence-corrected chi connectivity index (χ2v) is 8.17. The van der Waals surface area contributed by atoms with Crippen LogP contribution in [0.15, 0.2) is 41.3 Å². The third-order valence-electron chi connectivity index (χ3n) is 6.12. The maximum absolute atomic E-state index is 12.9. The van der Waals surface area contributed by atoms with Crippen molar-refractivity contribution in [3.8, 4) is 5.75 Å². The van der Waals surface area contributed by atoms with Crippen LogP contribution in [0.5, 0.6) is 5.75 Å². The van der Waals surface area contributed by atoms with Gasteiger partial charge in [-0.3, -0.25) is 9.59 Å². The molecule has 1 N–H and O–H groups in total. The van der Waals surface area contributed by atoms with Crippen LogP contribution in [-0.2, 0) is 13.0 Å². The quantitative estimate of drug-likeness (QED) is 0.744. The molecule has 1 aliphatic heterocycles. The van der Waals surface area contributed by atoms with Crippen LogP contribution in [0.1, 0.15) is 62.3 Å². The number of amides is 1. The summed E-state index contributed by atoms with van der Waals surface area (Å²) < 4.78 is 1.70. The van der Waals surface area contributed by atoms with Gasteiger partial charge in [-0.1, -0.05) is 44.6 Å². The van der Waals surface area contributed by atoms with Crippen molar-refractivity contribution in [2.75, 3.05) is 6.54 Å². The van der Waals surface area contributed by atoms with Crippen LogP contribution in [0.25, 0.3) is 0 Å². The third kappa shape index (κ3) is 4.07. The summed E-state index contributed by atoms with van der Waals surface area (Å²) >= 11 is 0. The Kier molecular flexibility index (Phi) is 6.40. The number of allylic oxidation sites excluding steroid dienone is 4. The molecule has 3 rings (SSSR count). The number of hydrogen-bond donors (Lipinski definition) is 1. The molecule has 1 aromatic heterocycles. The van der Waals surface area contributed by atoms with E-state index in [1.807, 2.05) is 26.0 Å². The van der Waals surface area contributed by atoms with E-state index in [2.05, 4.69) is 18.1 Å². The Morgan fingerprint density at radius 2 is 1.86 bits per heavy atom. The number of carbonyl (C=O) groups excluding carboxylic acids is 1. The van der Waals surface area contributed by atoms with Crippen LogP contribution in [0, 0.1) is 5.92 Å². The summed E-state index contributed by atoms with van der Waals surface area (Å²) in [5.74, 6) is 0.0379. The van der Waals surface area contributed by atoms with E-state index in [0.717, 1.165) is 24.0 Å². The van der Waals surface area contributed by atoms with Crippen molar-refractivity contribution in [1.82, 2.24) is 14.5 Å². The zero-order chi connectivity index (χ0) is 21.1. The zero-order valence-electron chi connectivity index (χ0n) is 17.5. The van der Waals surface area contributed by atoms with Crippen LogP contribution >= 0.6 is 0 Å². The Hall–Kier alpha value is -2.63. The zero-order valence-corrected chi connectivity index (χ0v) is 17.5. The normalized spacial score (nSPS) is 18.4. The number of aromatic hydroxyl groups is 1. The van der Waals surface area contributed by atoms with Crippen LogP contribution in [0.4, 0.5) is 0 Å². The maximum Gasteiger partial charge on any atom is 0.315 e. The van der Waals surface area contributed by atoms with Gasteiger partial charge in [-0.05, 0) is 43.8 Å². The van der Waals surface area contributed by atoms with Crippen molar-refractivity contribution in [2.45, 2.75) is 65.0 Å². The van der Waals surface area contributed by atoms with Crippen molar-refractivity contribution in [2.24, 2.45) is 5.92 Å². The SMILES string of the molecule is C=C/C(Cc1nc(=O)c(O)c2n1CCN(C(C)C)C2=O)=C(\C=C)C1CCCCC1. The third-order valence-corrected chi connectivity index (χ3v) is 6.12. The summed E-state index contributed by atoms with van der Waals surface area (Å²) in [5.41, 5.74) is 1.42. The van der Waals surface area contributed by atoms with E-state index in [4.69, 9.17) is 0 Å². The van der Waals surface area contributed by atoms with Gasteiger partial charge >= 0.3 is 5.56 Å². The van der Waals surface area contributed by atoms with Crippen LogP contribution < -0.4 is 5.56 Å². The van der Waals surface area contributed by atoms with E-state index >= 15 is 0 Å². The van der Waals surface area contributed by atoms with E-state index in [1.54, 1.807) is 9.47 Å². The second kappa shape index (κ2) is 8.80. The lowest BCUT2D eigenvalue weighted by Crippen LogP contribution is -2.46. The topological polar surface area (TPSA) is 75.4 Å². The first-order valence-corrected chi connectivity index (χ1v) is 10.5. The largest absolute Gasteiger partial charge is 0.501 e. The standard InChI is InChI=1S/C23H31N3O3/c1-5-16(18(6-2)17-10-8-7-9-11-17)14-19-24-22(28)21(27)20-23(29)25(15(3)4)12-13-26(19)20/h5-6,15,17,27H,1-2,7-14H2,3-4H3/b18-16-. The van der Waals surface area contributed by atoms with E-state index < -0.39 is 11.3 Å². The monoisotopic (exact) mass is 397 g/mol. The van der Waals surface area contributed by atoms with Gasteiger partial charge in [0.1, 0.15) is 5.82 Å². The molecule has 1 aliphatic carbocycles. The number of nitrogens with zero attached hydrogens (tertiary/aromatic N) is 3. The van der Waals surface area contributed by atoms with Crippen molar-refractivity contribution in [1.29, 1.82) is 0 Å². The molecule has 0 spiro atoms. The number of fused-ring (bicyclic) bond motifs is 1. The van der Waals surface area contributed by atoms with Gasteiger partial charge in [0.15, 0.2) is 5.69 Å². The van der Waals surface area contributed by atoms with Gasteiger partial charge in [-0.15, -0.1) is 0 Å². The molecule has 0 saturated heterocycles. The highest BCUT2D eigenvalue weighted by Crippen LogP contribution is 2.33. The lowest BCUT2D eigenvalue weighted by atomic mass is 9.81. The minimum atomic E-state index is -0.758. The van der Waals surface area contributed by atoms with Crippen molar-refractivity contribution < 1.29 is 9.90 Å². The average molecular weight is 398 g/mol. The predicted molar refractivity (Wildman–Crippen MR) is 114 cm³/mol. The Labute approximate surface area is 172 Å². The van der Waals surface area contributed by atoms with Crippen molar-refractivity contribution >= 4 is 5.91 Å². The predicted octanol–water partition coefficient (Wildman–Crippen LogP) is 3.60. The molecule has 0 aromatic carbocycles. The van der Waals surface area contributed by atoms with Gasteiger partial charge in [0.2, 0.25) is 5.75 Å². The lowest BCUT2D eigenvalue weighted by molar-refractivity contribution is 0.0638. The Morgan fingerprint density at radius 1 is 1.17 bits per heavy atom. The van der Waals surface area contributed by atoms with Crippen LogP contribution in [0.2, 0.25) is 0 Å². The highest BCUT2D eigenvalue weighted by molar-refractivity contribution is 5.95. The van der Waals surface area contributed by atoms with Crippen molar-refractivity contribution in [3.05, 3.63) is 58.3 Å². The minimum absolute atomic E-state index is 0.00957. The van der Waals surface area contributed by atoms with Gasteiger partial charge in [0.25, 0.3) is 5.91 Å². The van der Waals surface area contributed by atoms with Gasteiger partial charge in [0.05, 0.1) is 0 Å². The first-order chi connectivity index (χ1) is 13.9. The molecule has 0 bridgehead atoms. The van der Waals surface area contributed by atoms with E-state index in [0.29, 0.717) is 31.3 Å². The fourth-order valence-electron chi connectivity index (χ4n) is 4.56. The number of aromatic nitrogens is 2. The Bertz CT molecular complexity index is 905. The molecule has 1 amide bonds. The molecule has 6 heteroatoms. The van der Waals surface area contributed by atoms with Gasteiger partial charge in [0, 0.05) is 25.6 Å². The molecule has 0 unspecified atom stereocenters. The van der Waals surface area contributed by atoms with Gasteiger partial charge in [-0.25, -0.2) is 0 Å². The first-order valence-electron chi connectivity index (χ1n) is 10.5. The summed E-state index contributed by atoms with van der Waals surface area (Å²) in [6.07, 6.45) is 10.0. The molecule has 1 aromatic rings. The van der Waals surface area contributed by atoms with Crippen LogP contribution in [-0.4, -0.2) is 38.1 Å². The molecular weight excluding hydrogens is 366 g/mol. The van der Waals surface area contributed by atoms with E-state index in [9.17, 15) is 14.7 Å². The van der Waals surface area contributed by atoms with E-state index in [1.165, 1.54) is 19.3 Å². The summed E-state index contributed by atoms with van der Waals surface area (Å²) in [4.78, 5) is 31.0.